The Morgan fingerprint density at radius 1 is 1.55 bits per heavy atom. The summed E-state index contributed by atoms with van der Waals surface area (Å²) < 4.78 is 12.8. The Hall–Kier alpha value is -0.210. The lowest BCUT2D eigenvalue weighted by atomic mass is 10.2. The van der Waals surface area contributed by atoms with Crippen LogP contribution in [0, 0.1) is 5.82 Å². The van der Waals surface area contributed by atoms with Crippen LogP contribution in [0.5, 0.6) is 0 Å². The maximum Gasteiger partial charge on any atom is 0.142 e. The summed E-state index contributed by atoms with van der Waals surface area (Å²) in [4.78, 5) is 0. The first-order valence-corrected chi connectivity index (χ1v) is 4.94. The number of hydrogen-bond acceptors (Lipinski definition) is 1. The Morgan fingerprint density at radius 2 is 2.27 bits per heavy atom. The third kappa shape index (κ3) is 2.11. The lowest BCUT2D eigenvalue weighted by Gasteiger charge is -2.01. The van der Waals surface area contributed by atoms with Gasteiger partial charge in [-0.15, -0.1) is 0 Å². The first-order valence-electron chi connectivity index (χ1n) is 3.17. The van der Waals surface area contributed by atoms with Gasteiger partial charge in [-0.25, -0.2) is 4.39 Å². The summed E-state index contributed by atoms with van der Waals surface area (Å²) in [6.45, 7) is 0. The number of halogens is 2. The molecule has 0 spiro atoms. The fourth-order valence-electron chi connectivity index (χ4n) is 0.815. The van der Waals surface area contributed by atoms with Crippen LogP contribution in [0.3, 0.4) is 0 Å². The van der Waals surface area contributed by atoms with Crippen LogP contribution in [0.4, 0.5) is 4.39 Å². The van der Waals surface area contributed by atoms with E-state index < -0.39 is 0 Å². The molecule has 0 saturated heterocycles. The second-order valence-corrected chi connectivity index (χ2v) is 3.39. The molecule has 0 bridgehead atoms. The van der Waals surface area contributed by atoms with Crippen molar-refractivity contribution in [1.29, 1.82) is 0 Å². The molecular weight excluding hydrogens is 183 g/mol. The summed E-state index contributed by atoms with van der Waals surface area (Å²) >= 11 is 7.31. The second kappa shape index (κ2) is 3.98. The van der Waals surface area contributed by atoms with E-state index in [0.29, 0.717) is 0 Å². The van der Waals surface area contributed by atoms with E-state index in [1.165, 1.54) is 6.07 Å². The fourth-order valence-corrected chi connectivity index (χ4v) is 1.64. The van der Waals surface area contributed by atoms with E-state index >= 15 is 0 Å². The highest BCUT2D eigenvalue weighted by atomic mass is 35.5. The highest BCUT2D eigenvalue weighted by molar-refractivity contribution is 7.97. The van der Waals surface area contributed by atoms with Crippen LogP contribution in [0.15, 0.2) is 18.2 Å². The molecule has 1 aromatic carbocycles. The zero-order chi connectivity index (χ0) is 8.27. The lowest BCUT2D eigenvalue weighted by Crippen LogP contribution is -1.84. The molecule has 11 heavy (non-hydrogen) atoms. The smallest absolute Gasteiger partial charge is 0.142 e. The minimum absolute atomic E-state index is 0.252. The van der Waals surface area contributed by atoms with Gasteiger partial charge < -0.3 is 0 Å². The number of benzene rings is 1. The maximum absolute atomic E-state index is 12.8. The van der Waals surface area contributed by atoms with E-state index in [1.54, 1.807) is 17.8 Å². The Kier molecular flexibility index (Phi) is 3.21. The van der Waals surface area contributed by atoms with E-state index in [9.17, 15) is 4.39 Å². The van der Waals surface area contributed by atoms with E-state index in [1.807, 2.05) is 12.3 Å². The highest BCUT2D eigenvalue weighted by Crippen LogP contribution is 2.22. The lowest BCUT2D eigenvalue weighted by molar-refractivity contribution is 0.627. The molecule has 0 amide bonds. The number of thioether (sulfide) groups is 1. The summed E-state index contributed by atoms with van der Waals surface area (Å²) in [6.07, 6.45) is 1.96. The van der Waals surface area contributed by atoms with Gasteiger partial charge in [-0.05, 0) is 17.9 Å². The van der Waals surface area contributed by atoms with E-state index in [-0.39, 0.29) is 10.8 Å². The van der Waals surface area contributed by atoms with E-state index in [2.05, 4.69) is 0 Å². The van der Waals surface area contributed by atoms with Crippen molar-refractivity contribution in [3.63, 3.8) is 0 Å². The van der Waals surface area contributed by atoms with Gasteiger partial charge in [0.2, 0.25) is 0 Å². The van der Waals surface area contributed by atoms with Gasteiger partial charge in [0, 0.05) is 5.75 Å². The highest BCUT2D eigenvalue weighted by Gasteiger charge is 2.03. The molecule has 0 radical (unpaired) electrons. The average molecular weight is 191 g/mol. The first-order chi connectivity index (χ1) is 5.25. The van der Waals surface area contributed by atoms with E-state index in [4.69, 9.17) is 11.6 Å². The minimum Gasteiger partial charge on any atom is -0.205 e. The maximum atomic E-state index is 12.8. The number of hydrogen-bond donors (Lipinski definition) is 0. The molecule has 0 saturated carbocycles. The Morgan fingerprint density at radius 3 is 2.91 bits per heavy atom. The van der Waals surface area contributed by atoms with Crippen molar-refractivity contribution in [3.8, 4) is 0 Å². The standard InChI is InChI=1S/C8H8ClFS/c1-11-5-6-3-2-4-7(10)8(6)9/h2-4H,5H2,1H3. The zero-order valence-corrected chi connectivity index (χ0v) is 7.68. The van der Waals surface area contributed by atoms with Crippen LogP contribution in [0.25, 0.3) is 0 Å². The molecule has 0 aliphatic heterocycles. The molecule has 0 aliphatic carbocycles. The topological polar surface area (TPSA) is 0 Å². The predicted molar refractivity (Wildman–Crippen MR) is 48.6 cm³/mol. The molecule has 0 nitrogen and oxygen atoms in total. The zero-order valence-electron chi connectivity index (χ0n) is 6.10. The van der Waals surface area contributed by atoms with Crippen LogP contribution in [0.2, 0.25) is 5.02 Å². The molecule has 0 N–H and O–H groups in total. The molecule has 0 aromatic heterocycles. The van der Waals surface area contributed by atoms with Gasteiger partial charge in [0.15, 0.2) is 0 Å². The average Bonchev–Trinajstić information content (AvgIpc) is 1.99. The fraction of sp³-hybridized carbons (Fsp3) is 0.250. The molecule has 0 aliphatic rings. The molecule has 1 aromatic rings. The molecule has 0 fully saturated rings. The molecule has 0 unspecified atom stereocenters. The monoisotopic (exact) mass is 190 g/mol. The molecule has 1 rings (SSSR count). The molecule has 0 atom stereocenters. The van der Waals surface area contributed by atoms with Crippen LogP contribution < -0.4 is 0 Å². The van der Waals surface area contributed by atoms with Crippen LogP contribution in [0.1, 0.15) is 5.56 Å². The number of rotatable bonds is 2. The van der Waals surface area contributed by atoms with Gasteiger partial charge in [-0.1, -0.05) is 23.7 Å². The third-order valence-corrected chi connectivity index (χ3v) is 2.35. The molecule has 3 heteroatoms. The summed E-state index contributed by atoms with van der Waals surface area (Å²) in [6, 6.07) is 4.88. The Balaban J connectivity index is 2.96. The SMILES string of the molecule is CSCc1cccc(F)c1Cl. The van der Waals surface area contributed by atoms with Crippen LogP contribution in [-0.4, -0.2) is 6.26 Å². The van der Waals surface area contributed by atoms with Gasteiger partial charge in [0.05, 0.1) is 5.02 Å². The summed E-state index contributed by atoms with van der Waals surface area (Å²) in [5, 5.41) is 0.252. The van der Waals surface area contributed by atoms with Crippen LogP contribution in [-0.2, 0) is 5.75 Å². The molecular formula is C8H8ClFS. The molecule has 60 valence electrons. The summed E-state index contributed by atoms with van der Waals surface area (Å²) in [7, 11) is 0. The van der Waals surface area contributed by atoms with Crippen molar-refractivity contribution in [3.05, 3.63) is 34.6 Å². The summed E-state index contributed by atoms with van der Waals surface area (Å²) in [5.41, 5.74) is 0.860. The van der Waals surface area contributed by atoms with Crippen molar-refractivity contribution in [2.75, 3.05) is 6.26 Å². The normalized spacial score (nSPS) is 10.1. The van der Waals surface area contributed by atoms with Gasteiger partial charge >= 0.3 is 0 Å². The predicted octanol–water partition coefficient (Wildman–Crippen LogP) is 3.34. The van der Waals surface area contributed by atoms with Crippen molar-refractivity contribution < 1.29 is 4.39 Å². The minimum atomic E-state index is -0.335. The van der Waals surface area contributed by atoms with Crippen molar-refractivity contribution in [2.24, 2.45) is 0 Å². The Labute approximate surface area is 74.8 Å². The Bertz CT molecular complexity index is 250. The van der Waals surface area contributed by atoms with Crippen LogP contribution >= 0.6 is 23.4 Å². The first kappa shape index (κ1) is 8.88. The van der Waals surface area contributed by atoms with Crippen molar-refractivity contribution in [2.45, 2.75) is 5.75 Å². The molecule has 0 heterocycles. The van der Waals surface area contributed by atoms with E-state index in [0.717, 1.165) is 11.3 Å². The van der Waals surface area contributed by atoms with Crippen molar-refractivity contribution >= 4 is 23.4 Å². The van der Waals surface area contributed by atoms with Gasteiger partial charge in [0.25, 0.3) is 0 Å². The second-order valence-electron chi connectivity index (χ2n) is 2.15. The van der Waals surface area contributed by atoms with Gasteiger partial charge in [-0.3, -0.25) is 0 Å². The quantitative estimate of drug-likeness (QED) is 0.690. The summed E-state index contributed by atoms with van der Waals surface area (Å²) in [5.74, 6) is 0.426. The largest absolute Gasteiger partial charge is 0.205 e. The van der Waals surface area contributed by atoms with Crippen molar-refractivity contribution in [1.82, 2.24) is 0 Å². The van der Waals surface area contributed by atoms with Gasteiger partial charge in [-0.2, -0.15) is 11.8 Å². The third-order valence-electron chi connectivity index (χ3n) is 1.33. The van der Waals surface area contributed by atoms with Gasteiger partial charge in [0.1, 0.15) is 5.82 Å².